The Morgan fingerprint density at radius 2 is 1.95 bits per heavy atom. The summed E-state index contributed by atoms with van der Waals surface area (Å²) in [5.74, 6) is -0.743. The maximum Gasteiger partial charge on any atom is 0.333 e. The standard InChI is InChI=1S/C16H20O4/c1-11(2)15(18)20-16(3,4)13-8-6-7-12(9-13)10-14(17)19-5/h6-9H,1,10H2,2-5H3. The highest BCUT2D eigenvalue weighted by atomic mass is 16.6. The molecule has 4 nitrogen and oxygen atoms in total. The second kappa shape index (κ2) is 6.37. The summed E-state index contributed by atoms with van der Waals surface area (Å²) in [6.07, 6.45) is 0.189. The first-order valence-electron chi connectivity index (χ1n) is 6.31. The molecule has 0 aliphatic carbocycles. The molecule has 0 amide bonds. The summed E-state index contributed by atoms with van der Waals surface area (Å²) in [5.41, 5.74) is 1.19. The maximum absolute atomic E-state index is 11.6. The molecule has 0 bridgehead atoms. The second-order valence-electron chi connectivity index (χ2n) is 5.13. The number of benzene rings is 1. The lowest BCUT2D eigenvalue weighted by Crippen LogP contribution is -2.26. The molecular weight excluding hydrogens is 256 g/mol. The summed E-state index contributed by atoms with van der Waals surface area (Å²) in [4.78, 5) is 22.9. The van der Waals surface area contributed by atoms with Crippen molar-refractivity contribution in [3.05, 3.63) is 47.5 Å². The third-order valence-corrected chi connectivity index (χ3v) is 2.89. The van der Waals surface area contributed by atoms with E-state index in [0.717, 1.165) is 11.1 Å². The van der Waals surface area contributed by atoms with Crippen molar-refractivity contribution in [3.63, 3.8) is 0 Å². The molecule has 1 aromatic rings. The normalized spacial score (nSPS) is 10.8. The lowest BCUT2D eigenvalue weighted by Gasteiger charge is -2.26. The first-order valence-corrected chi connectivity index (χ1v) is 6.31. The van der Waals surface area contributed by atoms with Crippen LogP contribution >= 0.6 is 0 Å². The van der Waals surface area contributed by atoms with Crippen molar-refractivity contribution < 1.29 is 19.1 Å². The van der Waals surface area contributed by atoms with Crippen LogP contribution in [0.15, 0.2) is 36.4 Å². The van der Waals surface area contributed by atoms with Crippen LogP contribution in [0.5, 0.6) is 0 Å². The summed E-state index contributed by atoms with van der Waals surface area (Å²) in [5, 5.41) is 0. The van der Waals surface area contributed by atoms with Gasteiger partial charge in [-0.05, 0) is 31.9 Å². The van der Waals surface area contributed by atoms with Gasteiger partial charge in [-0.3, -0.25) is 4.79 Å². The Labute approximate surface area is 119 Å². The van der Waals surface area contributed by atoms with E-state index in [9.17, 15) is 9.59 Å². The van der Waals surface area contributed by atoms with Gasteiger partial charge in [0.15, 0.2) is 0 Å². The summed E-state index contributed by atoms with van der Waals surface area (Å²) in [6, 6.07) is 7.34. The molecule has 0 spiro atoms. The number of carbonyl (C=O) groups is 2. The Morgan fingerprint density at radius 3 is 2.50 bits per heavy atom. The zero-order valence-corrected chi connectivity index (χ0v) is 12.4. The molecule has 0 heterocycles. The molecule has 0 fully saturated rings. The van der Waals surface area contributed by atoms with Crippen LogP contribution < -0.4 is 0 Å². The fourth-order valence-corrected chi connectivity index (χ4v) is 1.67. The molecule has 1 aromatic carbocycles. The third kappa shape index (κ3) is 4.23. The predicted molar refractivity (Wildman–Crippen MR) is 76.1 cm³/mol. The summed E-state index contributed by atoms with van der Waals surface area (Å²) in [7, 11) is 1.35. The predicted octanol–water partition coefficient (Wildman–Crippen LogP) is 2.76. The number of rotatable bonds is 5. The van der Waals surface area contributed by atoms with Crippen molar-refractivity contribution in [2.45, 2.75) is 32.8 Å². The first kappa shape index (κ1) is 16.0. The van der Waals surface area contributed by atoms with E-state index in [2.05, 4.69) is 11.3 Å². The molecule has 0 saturated heterocycles. The van der Waals surface area contributed by atoms with Gasteiger partial charge in [-0.1, -0.05) is 30.8 Å². The lowest BCUT2D eigenvalue weighted by atomic mass is 9.95. The van der Waals surface area contributed by atoms with E-state index < -0.39 is 11.6 Å². The fraction of sp³-hybridized carbons (Fsp3) is 0.375. The molecule has 4 heteroatoms. The van der Waals surface area contributed by atoms with E-state index >= 15 is 0 Å². The van der Waals surface area contributed by atoms with Gasteiger partial charge < -0.3 is 9.47 Å². The number of esters is 2. The molecule has 0 radical (unpaired) electrons. The number of ether oxygens (including phenoxy) is 2. The van der Waals surface area contributed by atoms with Crippen LogP contribution in [-0.2, 0) is 31.1 Å². The van der Waals surface area contributed by atoms with Crippen LogP contribution in [0.2, 0.25) is 0 Å². The fourth-order valence-electron chi connectivity index (χ4n) is 1.67. The van der Waals surface area contributed by atoms with Crippen LogP contribution in [-0.4, -0.2) is 19.0 Å². The molecule has 1 rings (SSSR count). The topological polar surface area (TPSA) is 52.6 Å². The number of hydrogen-bond donors (Lipinski definition) is 0. The molecule has 0 atom stereocenters. The lowest BCUT2D eigenvalue weighted by molar-refractivity contribution is -0.152. The van der Waals surface area contributed by atoms with E-state index in [4.69, 9.17) is 4.74 Å². The number of methoxy groups -OCH3 is 1. The van der Waals surface area contributed by atoms with Gasteiger partial charge in [0.05, 0.1) is 13.5 Å². The zero-order chi connectivity index (χ0) is 15.3. The van der Waals surface area contributed by atoms with E-state index in [1.165, 1.54) is 7.11 Å². The van der Waals surface area contributed by atoms with Gasteiger partial charge in [0, 0.05) is 5.57 Å². The molecule has 0 aromatic heterocycles. The Kier molecular flexibility index (Phi) is 5.08. The SMILES string of the molecule is C=C(C)C(=O)OC(C)(C)c1cccc(CC(=O)OC)c1. The quantitative estimate of drug-likeness (QED) is 0.613. The van der Waals surface area contributed by atoms with Crippen LogP contribution in [0.3, 0.4) is 0 Å². The van der Waals surface area contributed by atoms with Gasteiger partial charge in [-0.15, -0.1) is 0 Å². The maximum atomic E-state index is 11.6. The Morgan fingerprint density at radius 1 is 1.30 bits per heavy atom. The molecule has 0 N–H and O–H groups in total. The molecule has 108 valence electrons. The monoisotopic (exact) mass is 276 g/mol. The van der Waals surface area contributed by atoms with Gasteiger partial charge in [0.2, 0.25) is 0 Å². The van der Waals surface area contributed by atoms with Crippen molar-refractivity contribution in [1.29, 1.82) is 0 Å². The van der Waals surface area contributed by atoms with Gasteiger partial charge in [-0.2, -0.15) is 0 Å². The van der Waals surface area contributed by atoms with E-state index in [1.807, 2.05) is 24.3 Å². The van der Waals surface area contributed by atoms with Crippen LogP contribution in [0.4, 0.5) is 0 Å². The molecule has 0 aliphatic rings. The van der Waals surface area contributed by atoms with Gasteiger partial charge in [0.25, 0.3) is 0 Å². The molecule has 0 saturated carbocycles. The Hall–Kier alpha value is -2.10. The molecule has 0 unspecified atom stereocenters. The summed E-state index contributed by atoms with van der Waals surface area (Å²) in [6.45, 7) is 8.76. The smallest absolute Gasteiger partial charge is 0.333 e. The molecule has 0 aliphatic heterocycles. The minimum absolute atomic E-state index is 0.189. The second-order valence-corrected chi connectivity index (χ2v) is 5.13. The minimum Gasteiger partial charge on any atom is -0.469 e. The Bertz CT molecular complexity index is 529. The average Bonchev–Trinajstić information content (AvgIpc) is 2.38. The van der Waals surface area contributed by atoms with Crippen molar-refractivity contribution >= 4 is 11.9 Å². The zero-order valence-electron chi connectivity index (χ0n) is 12.4. The van der Waals surface area contributed by atoms with Crippen molar-refractivity contribution in [3.8, 4) is 0 Å². The highest BCUT2D eigenvalue weighted by Gasteiger charge is 2.26. The highest BCUT2D eigenvalue weighted by Crippen LogP contribution is 2.26. The average molecular weight is 276 g/mol. The first-order chi connectivity index (χ1) is 9.26. The van der Waals surface area contributed by atoms with Crippen LogP contribution in [0.25, 0.3) is 0 Å². The molecular formula is C16H20O4. The molecule has 20 heavy (non-hydrogen) atoms. The van der Waals surface area contributed by atoms with Crippen molar-refractivity contribution in [2.75, 3.05) is 7.11 Å². The van der Waals surface area contributed by atoms with E-state index in [-0.39, 0.29) is 12.4 Å². The van der Waals surface area contributed by atoms with Crippen LogP contribution in [0.1, 0.15) is 31.9 Å². The van der Waals surface area contributed by atoms with Gasteiger partial charge >= 0.3 is 11.9 Å². The highest BCUT2D eigenvalue weighted by molar-refractivity contribution is 5.87. The summed E-state index contributed by atoms with van der Waals surface area (Å²) < 4.78 is 10.1. The van der Waals surface area contributed by atoms with E-state index in [0.29, 0.717) is 5.57 Å². The van der Waals surface area contributed by atoms with Crippen molar-refractivity contribution in [2.24, 2.45) is 0 Å². The van der Waals surface area contributed by atoms with Gasteiger partial charge in [-0.25, -0.2) is 4.79 Å². The largest absolute Gasteiger partial charge is 0.469 e. The number of hydrogen-bond acceptors (Lipinski definition) is 4. The van der Waals surface area contributed by atoms with Crippen LogP contribution in [0, 0.1) is 0 Å². The summed E-state index contributed by atoms with van der Waals surface area (Å²) >= 11 is 0. The minimum atomic E-state index is -0.790. The number of carbonyl (C=O) groups excluding carboxylic acids is 2. The van der Waals surface area contributed by atoms with E-state index in [1.54, 1.807) is 20.8 Å². The van der Waals surface area contributed by atoms with Gasteiger partial charge in [0.1, 0.15) is 5.60 Å². The third-order valence-electron chi connectivity index (χ3n) is 2.89. The van der Waals surface area contributed by atoms with Crippen molar-refractivity contribution in [1.82, 2.24) is 0 Å². The Balaban J connectivity index is 2.94.